The van der Waals surface area contributed by atoms with Gasteiger partial charge in [0.2, 0.25) is 0 Å². The molecule has 0 atom stereocenters. The molecule has 25 heavy (non-hydrogen) atoms. The molecular weight excluding hydrogens is 328 g/mol. The van der Waals surface area contributed by atoms with E-state index in [1.165, 1.54) is 28.7 Å². The first-order valence-electron chi connectivity index (χ1n) is 9.46. The van der Waals surface area contributed by atoms with Gasteiger partial charge in [-0.2, -0.15) is 0 Å². The van der Waals surface area contributed by atoms with Crippen LogP contribution in [0, 0.1) is 5.92 Å². The standard InChI is InChI=1S/C22H29ClN2/c1-16(2)3-4-17-5-7-18(8-6-17)15-25-22-20-12-14-24-13-11-19(20)9-10-21(22)23/h5-10,16,24-25H,3-4,11-15H2,1-2H3. The zero-order valence-electron chi connectivity index (χ0n) is 15.4. The van der Waals surface area contributed by atoms with Gasteiger partial charge in [0.1, 0.15) is 0 Å². The van der Waals surface area contributed by atoms with Crippen LogP contribution in [0.3, 0.4) is 0 Å². The van der Waals surface area contributed by atoms with Gasteiger partial charge in [-0.1, -0.05) is 55.8 Å². The number of fused-ring (bicyclic) bond motifs is 1. The normalized spacial score (nSPS) is 14.2. The minimum atomic E-state index is 0.756. The molecule has 3 heteroatoms. The molecule has 0 fully saturated rings. The molecule has 1 heterocycles. The molecule has 2 N–H and O–H groups in total. The van der Waals surface area contributed by atoms with Crippen LogP contribution >= 0.6 is 11.6 Å². The summed E-state index contributed by atoms with van der Waals surface area (Å²) in [6.07, 6.45) is 4.52. The number of halogens is 1. The van der Waals surface area contributed by atoms with Gasteiger partial charge in [0.05, 0.1) is 10.7 Å². The Morgan fingerprint density at radius 3 is 2.48 bits per heavy atom. The molecule has 2 nitrogen and oxygen atoms in total. The average Bonchev–Trinajstić information content (AvgIpc) is 2.85. The van der Waals surface area contributed by atoms with E-state index >= 15 is 0 Å². The van der Waals surface area contributed by atoms with Crippen LogP contribution in [0.4, 0.5) is 5.69 Å². The maximum absolute atomic E-state index is 6.49. The van der Waals surface area contributed by atoms with Crippen LogP contribution in [0.5, 0.6) is 0 Å². The molecule has 2 aromatic carbocycles. The predicted molar refractivity (Wildman–Crippen MR) is 109 cm³/mol. The molecule has 2 aromatic rings. The molecule has 0 spiro atoms. The number of nitrogens with one attached hydrogen (secondary N) is 2. The molecule has 0 aliphatic carbocycles. The Morgan fingerprint density at radius 2 is 1.72 bits per heavy atom. The first-order valence-corrected chi connectivity index (χ1v) is 9.84. The summed E-state index contributed by atoms with van der Waals surface area (Å²) in [5, 5.41) is 7.89. The lowest BCUT2D eigenvalue weighted by Gasteiger charge is -2.16. The summed E-state index contributed by atoms with van der Waals surface area (Å²) >= 11 is 6.49. The Bertz CT molecular complexity index is 692. The monoisotopic (exact) mass is 356 g/mol. The van der Waals surface area contributed by atoms with Crippen LogP contribution in [0.25, 0.3) is 0 Å². The van der Waals surface area contributed by atoms with E-state index in [9.17, 15) is 0 Å². The van der Waals surface area contributed by atoms with E-state index in [0.29, 0.717) is 0 Å². The molecule has 0 saturated heterocycles. The third-order valence-corrected chi connectivity index (χ3v) is 5.30. The van der Waals surface area contributed by atoms with Crippen LogP contribution in [0.2, 0.25) is 5.02 Å². The van der Waals surface area contributed by atoms with Gasteiger partial charge in [0.25, 0.3) is 0 Å². The number of hydrogen-bond donors (Lipinski definition) is 2. The number of rotatable bonds is 6. The minimum absolute atomic E-state index is 0.756. The smallest absolute Gasteiger partial charge is 0.0640 e. The third kappa shape index (κ3) is 4.99. The molecule has 0 saturated carbocycles. The van der Waals surface area contributed by atoms with Crippen LogP contribution in [0.1, 0.15) is 42.5 Å². The Kier molecular flexibility index (Phi) is 6.39. The third-order valence-electron chi connectivity index (χ3n) is 4.98. The summed E-state index contributed by atoms with van der Waals surface area (Å²) in [4.78, 5) is 0. The molecule has 1 aliphatic heterocycles. The fraction of sp³-hybridized carbons (Fsp3) is 0.455. The van der Waals surface area contributed by atoms with Crippen molar-refractivity contribution in [3.05, 3.63) is 63.7 Å². The quantitative estimate of drug-likeness (QED) is 0.740. The van der Waals surface area contributed by atoms with Gasteiger partial charge in [0.15, 0.2) is 0 Å². The van der Waals surface area contributed by atoms with Crippen molar-refractivity contribution in [1.29, 1.82) is 0 Å². The van der Waals surface area contributed by atoms with Crippen molar-refractivity contribution in [1.82, 2.24) is 5.32 Å². The second-order valence-corrected chi connectivity index (χ2v) is 7.82. The van der Waals surface area contributed by atoms with Crippen molar-refractivity contribution in [3.8, 4) is 0 Å². The second kappa shape index (κ2) is 8.73. The summed E-state index contributed by atoms with van der Waals surface area (Å²) in [6.45, 7) is 7.44. The largest absolute Gasteiger partial charge is 0.380 e. The Balaban J connectivity index is 1.67. The van der Waals surface area contributed by atoms with E-state index in [-0.39, 0.29) is 0 Å². The summed E-state index contributed by atoms with van der Waals surface area (Å²) in [5.41, 5.74) is 6.64. The van der Waals surface area contributed by atoms with Crippen LogP contribution in [-0.2, 0) is 25.8 Å². The van der Waals surface area contributed by atoms with Crippen molar-refractivity contribution in [3.63, 3.8) is 0 Å². The maximum atomic E-state index is 6.49. The Hall–Kier alpha value is -1.51. The fourth-order valence-corrected chi connectivity index (χ4v) is 3.65. The van der Waals surface area contributed by atoms with E-state index in [4.69, 9.17) is 11.6 Å². The van der Waals surface area contributed by atoms with Crippen LogP contribution in [0.15, 0.2) is 36.4 Å². The maximum Gasteiger partial charge on any atom is 0.0640 e. The first kappa shape index (κ1) is 18.3. The number of aryl methyl sites for hydroxylation is 1. The Labute approximate surface area is 157 Å². The summed E-state index contributed by atoms with van der Waals surface area (Å²) in [5.74, 6) is 0.756. The lowest BCUT2D eigenvalue weighted by Crippen LogP contribution is -2.16. The van der Waals surface area contributed by atoms with Gasteiger partial charge >= 0.3 is 0 Å². The van der Waals surface area contributed by atoms with Gasteiger partial charge in [-0.05, 0) is 73.0 Å². The zero-order chi connectivity index (χ0) is 17.6. The lowest BCUT2D eigenvalue weighted by atomic mass is 10.00. The highest BCUT2D eigenvalue weighted by atomic mass is 35.5. The topological polar surface area (TPSA) is 24.1 Å². The zero-order valence-corrected chi connectivity index (χ0v) is 16.1. The molecule has 1 aliphatic rings. The molecular formula is C22H29ClN2. The van der Waals surface area contributed by atoms with E-state index in [1.54, 1.807) is 0 Å². The van der Waals surface area contributed by atoms with E-state index < -0.39 is 0 Å². The van der Waals surface area contributed by atoms with Crippen molar-refractivity contribution in [2.75, 3.05) is 18.4 Å². The number of anilines is 1. The van der Waals surface area contributed by atoms with Crippen molar-refractivity contribution >= 4 is 17.3 Å². The SMILES string of the molecule is CC(C)CCc1ccc(CNc2c(Cl)ccc3c2CCNCC3)cc1. The highest BCUT2D eigenvalue weighted by Gasteiger charge is 2.14. The van der Waals surface area contributed by atoms with Crippen molar-refractivity contribution in [2.24, 2.45) is 5.92 Å². The Morgan fingerprint density at radius 1 is 1.00 bits per heavy atom. The van der Waals surface area contributed by atoms with E-state index in [2.05, 4.69) is 54.8 Å². The summed E-state index contributed by atoms with van der Waals surface area (Å²) < 4.78 is 0. The average molecular weight is 357 g/mol. The van der Waals surface area contributed by atoms with Crippen LogP contribution in [-0.4, -0.2) is 13.1 Å². The summed E-state index contributed by atoms with van der Waals surface area (Å²) in [7, 11) is 0. The van der Waals surface area contributed by atoms with E-state index in [0.717, 1.165) is 55.5 Å². The van der Waals surface area contributed by atoms with Gasteiger partial charge in [-0.15, -0.1) is 0 Å². The van der Waals surface area contributed by atoms with E-state index in [1.807, 2.05) is 6.07 Å². The van der Waals surface area contributed by atoms with Gasteiger partial charge < -0.3 is 10.6 Å². The molecule has 0 unspecified atom stereocenters. The highest BCUT2D eigenvalue weighted by molar-refractivity contribution is 6.33. The number of benzene rings is 2. The lowest BCUT2D eigenvalue weighted by molar-refractivity contribution is 0.586. The van der Waals surface area contributed by atoms with Crippen molar-refractivity contribution in [2.45, 2.75) is 46.1 Å². The van der Waals surface area contributed by atoms with Gasteiger partial charge in [-0.3, -0.25) is 0 Å². The molecule has 0 amide bonds. The minimum Gasteiger partial charge on any atom is -0.380 e. The summed E-state index contributed by atoms with van der Waals surface area (Å²) in [6, 6.07) is 13.2. The molecule has 3 rings (SSSR count). The molecule has 0 radical (unpaired) electrons. The molecule has 0 aromatic heterocycles. The second-order valence-electron chi connectivity index (χ2n) is 7.41. The van der Waals surface area contributed by atoms with Crippen molar-refractivity contribution < 1.29 is 0 Å². The molecule has 134 valence electrons. The van der Waals surface area contributed by atoms with Crippen LogP contribution < -0.4 is 10.6 Å². The number of hydrogen-bond acceptors (Lipinski definition) is 2. The fourth-order valence-electron chi connectivity index (χ4n) is 3.40. The highest BCUT2D eigenvalue weighted by Crippen LogP contribution is 2.31. The van der Waals surface area contributed by atoms with Gasteiger partial charge in [-0.25, -0.2) is 0 Å². The molecule has 0 bridgehead atoms. The first-order chi connectivity index (χ1) is 12.1. The predicted octanol–water partition coefficient (Wildman–Crippen LogP) is 5.23. The van der Waals surface area contributed by atoms with Gasteiger partial charge in [0, 0.05) is 6.54 Å².